The van der Waals surface area contributed by atoms with Crippen LogP contribution in [0.15, 0.2) is 18.5 Å². The molecule has 0 aromatic carbocycles. The number of nitrogen functional groups attached to an aromatic ring is 1. The Bertz CT molecular complexity index is 888. The van der Waals surface area contributed by atoms with Gasteiger partial charge >= 0.3 is 8.25 Å². The van der Waals surface area contributed by atoms with Gasteiger partial charge in [0.1, 0.15) is 30.1 Å². The molecule has 1 fully saturated rings. The Morgan fingerprint density at radius 1 is 1.52 bits per heavy atom. The lowest BCUT2D eigenvalue weighted by molar-refractivity contribution is -0.207. The van der Waals surface area contributed by atoms with E-state index in [0.717, 1.165) is 10.8 Å². The molecule has 1 saturated heterocycles. The highest BCUT2D eigenvalue weighted by Gasteiger charge is 2.66. The number of halogens is 1. The van der Waals surface area contributed by atoms with Crippen LogP contribution in [0, 0.1) is 11.3 Å². The normalized spacial score (nSPS) is 32.7. The molecule has 1 aliphatic rings. The minimum absolute atomic E-state index is 0.0643. The lowest BCUT2D eigenvalue weighted by atomic mass is 9.92. The summed E-state index contributed by atoms with van der Waals surface area (Å²) in [7, 11) is -3.18. The molecule has 0 amide bonds. The van der Waals surface area contributed by atoms with Gasteiger partial charge in [0.05, 0.1) is 5.69 Å². The largest absolute Gasteiger partial charge is 0.694 e. The van der Waals surface area contributed by atoms with Gasteiger partial charge in [0.25, 0.3) is 5.85 Å². The second-order valence-electron chi connectivity index (χ2n) is 5.30. The van der Waals surface area contributed by atoms with Crippen LogP contribution in [0.3, 0.4) is 0 Å². The van der Waals surface area contributed by atoms with Crippen LogP contribution in [0.5, 0.6) is 0 Å². The fourth-order valence-corrected chi connectivity index (χ4v) is 2.98. The summed E-state index contributed by atoms with van der Waals surface area (Å²) >= 11 is 0. The van der Waals surface area contributed by atoms with Crippen LogP contribution >= 0.6 is 8.25 Å². The van der Waals surface area contributed by atoms with Crippen molar-refractivity contribution in [2.45, 2.75) is 23.7 Å². The number of nitriles is 1. The Labute approximate surface area is 140 Å². The van der Waals surface area contributed by atoms with Crippen LogP contribution in [0.2, 0.25) is 0 Å². The zero-order valence-electron chi connectivity index (χ0n) is 12.4. The Kier molecular flexibility index (Phi) is 4.16. The van der Waals surface area contributed by atoms with Crippen LogP contribution in [0.1, 0.15) is 5.69 Å². The second kappa shape index (κ2) is 5.92. The molecule has 0 radical (unpaired) electrons. The molecule has 0 saturated carbocycles. The summed E-state index contributed by atoms with van der Waals surface area (Å²) in [5.74, 6) is -3.04. The first-order valence-electron chi connectivity index (χ1n) is 6.79. The van der Waals surface area contributed by atoms with Gasteiger partial charge in [0, 0.05) is 4.57 Å². The molecule has 5 atom stereocenters. The summed E-state index contributed by atoms with van der Waals surface area (Å²) in [6.45, 7) is -1.18. The molecule has 1 unspecified atom stereocenters. The Hall–Kier alpha value is -2.26. The highest BCUT2D eigenvalue weighted by Crippen LogP contribution is 2.46. The number of aliphatic hydroxyl groups is 2. The first-order valence-corrected chi connectivity index (χ1v) is 7.92. The van der Waals surface area contributed by atoms with Gasteiger partial charge in [0.15, 0.2) is 12.4 Å². The van der Waals surface area contributed by atoms with Gasteiger partial charge in [-0.1, -0.05) is 0 Å². The molecular formula is C12H12FN5O6P+. The Morgan fingerprint density at radius 3 is 2.88 bits per heavy atom. The topological polar surface area (TPSA) is 176 Å². The number of rotatable bonds is 4. The maximum Gasteiger partial charge on any atom is 0.694 e. The third-order valence-electron chi connectivity index (χ3n) is 3.89. The van der Waals surface area contributed by atoms with Gasteiger partial charge in [-0.15, -0.1) is 9.42 Å². The molecule has 2 aromatic heterocycles. The smallest absolute Gasteiger partial charge is 0.386 e. The molecule has 132 valence electrons. The summed E-state index contributed by atoms with van der Waals surface area (Å²) in [6, 6.07) is 4.36. The van der Waals surface area contributed by atoms with Gasteiger partial charge in [0.2, 0.25) is 5.60 Å². The van der Waals surface area contributed by atoms with E-state index in [9.17, 15) is 24.4 Å². The number of aliphatic hydroxyl groups excluding tert-OH is 2. The third kappa shape index (κ3) is 2.54. The molecule has 3 rings (SSSR count). The molecule has 25 heavy (non-hydrogen) atoms. The number of nitrogens with zero attached hydrogens (tertiary/aromatic N) is 4. The number of anilines is 1. The quantitative estimate of drug-likeness (QED) is 0.493. The van der Waals surface area contributed by atoms with Crippen LogP contribution < -0.4 is 5.73 Å². The standard InChI is InChI=1S/C12H11FN5O6P/c13-12(4-23-25(21)22)9(20)8(19)11(3-14,24-12)7-2-1-6-10(15)16-5-17-18(6)7/h1-2,5,8-9,19-20H,4H2,(H2-,15,16,17,21,22)/p+1/t8-,9+,11+,12-/m1/s1. The van der Waals surface area contributed by atoms with Crippen LogP contribution in [0.4, 0.5) is 10.2 Å². The molecular weight excluding hydrogens is 360 g/mol. The number of fused-ring (bicyclic) bond motifs is 1. The SMILES string of the molecule is N#C[C@@]1(c2ccc3c(N)ncnn23)O[C@](F)(CO[P+](=O)O)[C@@H](O)[C@H]1O. The molecule has 11 nitrogen and oxygen atoms in total. The van der Waals surface area contributed by atoms with Gasteiger partial charge in [-0.25, -0.2) is 13.9 Å². The highest BCUT2D eigenvalue weighted by atomic mass is 31.1. The number of hydrogen-bond acceptors (Lipinski definition) is 9. The second-order valence-corrected chi connectivity index (χ2v) is 6.03. The maximum atomic E-state index is 14.9. The van der Waals surface area contributed by atoms with E-state index in [0.29, 0.717) is 0 Å². The Morgan fingerprint density at radius 2 is 2.24 bits per heavy atom. The lowest BCUT2D eigenvalue weighted by Crippen LogP contribution is -2.43. The van der Waals surface area contributed by atoms with Gasteiger partial charge < -0.3 is 20.7 Å². The first-order chi connectivity index (χ1) is 11.7. The summed E-state index contributed by atoms with van der Waals surface area (Å²) in [5.41, 5.74) is 3.47. The average molecular weight is 372 g/mol. The number of alkyl halides is 1. The van der Waals surface area contributed by atoms with E-state index in [-0.39, 0.29) is 17.0 Å². The molecule has 0 aliphatic carbocycles. The fourth-order valence-electron chi connectivity index (χ4n) is 2.69. The van der Waals surface area contributed by atoms with Crippen molar-refractivity contribution in [3.05, 3.63) is 24.2 Å². The molecule has 5 N–H and O–H groups in total. The van der Waals surface area contributed by atoms with Crippen molar-refractivity contribution in [1.29, 1.82) is 5.26 Å². The molecule has 2 aromatic rings. The predicted molar refractivity (Wildman–Crippen MR) is 77.4 cm³/mol. The lowest BCUT2D eigenvalue weighted by Gasteiger charge is -2.24. The Balaban J connectivity index is 2.10. The van der Waals surface area contributed by atoms with Crippen molar-refractivity contribution in [3.63, 3.8) is 0 Å². The average Bonchev–Trinajstić information content (AvgIpc) is 3.09. The van der Waals surface area contributed by atoms with Crippen LogP contribution in [-0.2, 0) is 19.4 Å². The highest BCUT2D eigenvalue weighted by molar-refractivity contribution is 7.32. The molecule has 0 bridgehead atoms. The maximum absolute atomic E-state index is 14.9. The molecule has 3 heterocycles. The van der Waals surface area contributed by atoms with Crippen molar-refractivity contribution in [3.8, 4) is 6.07 Å². The summed E-state index contributed by atoms with van der Waals surface area (Å²) in [5, 5.41) is 33.7. The van der Waals surface area contributed by atoms with Crippen LogP contribution in [-0.4, -0.2) is 54.4 Å². The molecule has 13 heteroatoms. The van der Waals surface area contributed by atoms with E-state index in [1.807, 2.05) is 0 Å². The molecule has 0 spiro atoms. The van der Waals surface area contributed by atoms with Gasteiger partial charge in [-0.05, 0) is 12.1 Å². The zero-order valence-corrected chi connectivity index (χ0v) is 13.2. The number of nitrogens with two attached hydrogens (primary N) is 1. The minimum Gasteiger partial charge on any atom is -0.386 e. The van der Waals surface area contributed by atoms with E-state index >= 15 is 0 Å². The van der Waals surface area contributed by atoms with Crippen molar-refractivity contribution >= 4 is 19.6 Å². The van der Waals surface area contributed by atoms with E-state index in [1.165, 1.54) is 12.1 Å². The predicted octanol–water partition coefficient (Wildman–Crippen LogP) is -0.886. The third-order valence-corrected chi connectivity index (χ3v) is 4.24. The summed E-state index contributed by atoms with van der Waals surface area (Å²) in [4.78, 5) is 12.4. The number of hydrogen-bond donors (Lipinski definition) is 4. The monoisotopic (exact) mass is 372 g/mol. The number of ether oxygens (including phenoxy) is 1. The van der Waals surface area contributed by atoms with Crippen molar-refractivity contribution in [2.24, 2.45) is 0 Å². The summed E-state index contributed by atoms with van der Waals surface area (Å²) < 4.78 is 35.9. The van der Waals surface area contributed by atoms with Crippen LogP contribution in [0.25, 0.3) is 5.52 Å². The van der Waals surface area contributed by atoms with E-state index < -0.39 is 38.5 Å². The molecule has 1 aliphatic heterocycles. The van der Waals surface area contributed by atoms with E-state index in [1.54, 1.807) is 6.07 Å². The first kappa shape index (κ1) is 17.6. The van der Waals surface area contributed by atoms with E-state index in [2.05, 4.69) is 14.6 Å². The van der Waals surface area contributed by atoms with Gasteiger partial charge in [-0.2, -0.15) is 10.4 Å². The fraction of sp³-hybridized carbons (Fsp3) is 0.417. The van der Waals surface area contributed by atoms with E-state index in [4.69, 9.17) is 15.4 Å². The van der Waals surface area contributed by atoms with Crippen molar-refractivity contribution in [2.75, 3.05) is 12.3 Å². The van der Waals surface area contributed by atoms with Crippen molar-refractivity contribution < 1.29 is 33.3 Å². The number of aromatic nitrogens is 3. The van der Waals surface area contributed by atoms with Crippen molar-refractivity contribution in [1.82, 2.24) is 14.6 Å². The minimum atomic E-state index is -3.18. The summed E-state index contributed by atoms with van der Waals surface area (Å²) in [6.07, 6.45) is -3.19. The van der Waals surface area contributed by atoms with Gasteiger partial charge in [-0.3, -0.25) is 0 Å². The zero-order chi connectivity index (χ0) is 18.4.